The minimum atomic E-state index is -0.347. The second kappa shape index (κ2) is 7.28. The van der Waals surface area contributed by atoms with Gasteiger partial charge in [0.05, 0.1) is 13.3 Å². The van der Waals surface area contributed by atoms with Crippen LogP contribution in [0.15, 0.2) is 67.0 Å². The summed E-state index contributed by atoms with van der Waals surface area (Å²) in [4.78, 5) is 16.5. The van der Waals surface area contributed by atoms with E-state index < -0.39 is 0 Å². The van der Waals surface area contributed by atoms with Crippen LogP contribution in [0.1, 0.15) is 0 Å². The highest BCUT2D eigenvalue weighted by molar-refractivity contribution is 6.00. The van der Waals surface area contributed by atoms with Crippen LogP contribution in [-0.4, -0.2) is 27.7 Å². The molecule has 2 heterocycles. The Labute approximate surface area is 161 Å². The molecule has 2 aromatic carbocycles. The molecule has 4 aromatic rings. The molecule has 0 atom stereocenters. The number of urea groups is 1. The molecular weight excluding hydrogens is 356 g/mol. The first-order chi connectivity index (χ1) is 13.6. The number of anilines is 3. The second-order valence-corrected chi connectivity index (χ2v) is 6.05. The van der Waals surface area contributed by atoms with Crippen LogP contribution < -0.4 is 21.1 Å². The van der Waals surface area contributed by atoms with Gasteiger partial charge < -0.3 is 21.1 Å². The molecule has 8 nitrogen and oxygen atoms in total. The molecule has 0 saturated heterocycles. The molecule has 140 valence electrons. The van der Waals surface area contributed by atoms with Gasteiger partial charge in [-0.25, -0.2) is 9.78 Å². The number of hydrogen-bond acceptors (Lipinski definition) is 5. The molecule has 2 aromatic heterocycles. The summed E-state index contributed by atoms with van der Waals surface area (Å²) in [7, 11) is 1.58. The topological polar surface area (TPSA) is 107 Å². The minimum Gasteiger partial charge on any atom is -0.497 e. The summed E-state index contributed by atoms with van der Waals surface area (Å²) in [6.07, 6.45) is 3.36. The van der Waals surface area contributed by atoms with Crippen LogP contribution in [0.5, 0.6) is 5.75 Å². The van der Waals surface area contributed by atoms with Crippen LogP contribution in [-0.2, 0) is 0 Å². The van der Waals surface area contributed by atoms with Crippen molar-refractivity contribution in [2.75, 3.05) is 23.5 Å². The van der Waals surface area contributed by atoms with Crippen LogP contribution >= 0.6 is 0 Å². The number of nitrogens with zero attached hydrogens (tertiary/aromatic N) is 3. The average molecular weight is 374 g/mol. The van der Waals surface area contributed by atoms with E-state index in [1.54, 1.807) is 60.4 Å². The van der Waals surface area contributed by atoms with Crippen LogP contribution in [0, 0.1) is 0 Å². The summed E-state index contributed by atoms with van der Waals surface area (Å²) in [5.74, 6) is 1.17. The highest BCUT2D eigenvalue weighted by atomic mass is 16.5. The lowest BCUT2D eigenvalue weighted by Crippen LogP contribution is -2.19. The summed E-state index contributed by atoms with van der Waals surface area (Å²) in [6, 6.07) is 15.9. The molecule has 0 saturated carbocycles. The number of rotatable bonds is 4. The van der Waals surface area contributed by atoms with E-state index in [1.807, 2.05) is 18.2 Å². The monoisotopic (exact) mass is 374 g/mol. The zero-order chi connectivity index (χ0) is 19.5. The van der Waals surface area contributed by atoms with Gasteiger partial charge in [0, 0.05) is 35.3 Å². The summed E-state index contributed by atoms with van der Waals surface area (Å²) in [6.45, 7) is 0. The van der Waals surface area contributed by atoms with Gasteiger partial charge in [-0.15, -0.1) is 0 Å². The maximum absolute atomic E-state index is 12.2. The highest BCUT2D eigenvalue weighted by Gasteiger charge is 2.09. The predicted octanol–water partition coefficient (Wildman–Crippen LogP) is 3.63. The van der Waals surface area contributed by atoms with Crippen molar-refractivity contribution >= 4 is 28.9 Å². The molecule has 0 spiro atoms. The van der Waals surface area contributed by atoms with Crippen molar-refractivity contribution < 1.29 is 9.53 Å². The highest BCUT2D eigenvalue weighted by Crippen LogP contribution is 2.26. The fourth-order valence-corrected chi connectivity index (χ4v) is 2.84. The number of nitrogens with one attached hydrogen (secondary N) is 2. The van der Waals surface area contributed by atoms with Gasteiger partial charge in [-0.2, -0.15) is 9.61 Å². The lowest BCUT2D eigenvalue weighted by atomic mass is 10.1. The number of fused-ring (bicyclic) bond motifs is 1. The lowest BCUT2D eigenvalue weighted by Gasteiger charge is -2.10. The number of ether oxygens (including phenoxy) is 1. The van der Waals surface area contributed by atoms with Crippen molar-refractivity contribution in [3.8, 4) is 16.9 Å². The molecule has 0 fully saturated rings. The Morgan fingerprint density at radius 1 is 1.07 bits per heavy atom. The quantitative estimate of drug-likeness (QED) is 0.506. The standard InChI is InChI=1S/C20H18N6O2/c1-28-16-4-2-3-15(11-16)25-20(27)24-14-7-5-13(6-8-14)17-12-22-18-9-10-23-26(18)19(17)21/h2-12H,21H2,1H3,(H2,24,25,27). The average Bonchev–Trinajstić information content (AvgIpc) is 3.19. The van der Waals surface area contributed by atoms with E-state index in [0.29, 0.717) is 28.6 Å². The molecule has 0 aliphatic rings. The maximum Gasteiger partial charge on any atom is 0.323 e. The van der Waals surface area contributed by atoms with Gasteiger partial charge in [-0.3, -0.25) is 0 Å². The molecular formula is C20H18N6O2. The molecule has 28 heavy (non-hydrogen) atoms. The van der Waals surface area contributed by atoms with Gasteiger partial charge in [-0.1, -0.05) is 18.2 Å². The zero-order valence-corrected chi connectivity index (χ0v) is 15.1. The molecule has 4 N–H and O–H groups in total. The number of carbonyl (C=O) groups excluding carboxylic acids is 1. The number of hydrogen-bond donors (Lipinski definition) is 3. The Bertz CT molecular complexity index is 1140. The Morgan fingerprint density at radius 2 is 1.86 bits per heavy atom. The molecule has 8 heteroatoms. The predicted molar refractivity (Wildman–Crippen MR) is 108 cm³/mol. The smallest absolute Gasteiger partial charge is 0.323 e. The van der Waals surface area contributed by atoms with Crippen LogP contribution in [0.25, 0.3) is 16.8 Å². The fraction of sp³-hybridized carbons (Fsp3) is 0.0500. The third-order valence-electron chi connectivity index (χ3n) is 4.23. The first-order valence-corrected chi connectivity index (χ1v) is 8.55. The first-order valence-electron chi connectivity index (χ1n) is 8.55. The van der Waals surface area contributed by atoms with E-state index in [9.17, 15) is 4.79 Å². The maximum atomic E-state index is 12.2. The van der Waals surface area contributed by atoms with Crippen LogP contribution in [0.4, 0.5) is 22.0 Å². The van der Waals surface area contributed by atoms with Crippen molar-refractivity contribution in [3.05, 3.63) is 67.0 Å². The summed E-state index contributed by atoms with van der Waals surface area (Å²) < 4.78 is 6.73. The molecule has 0 radical (unpaired) electrons. The first kappa shape index (κ1) is 17.3. The molecule has 4 rings (SSSR count). The Hall–Kier alpha value is -4.07. The summed E-state index contributed by atoms with van der Waals surface area (Å²) in [5.41, 5.74) is 9.81. The van der Waals surface area contributed by atoms with Crippen molar-refractivity contribution in [3.63, 3.8) is 0 Å². The third-order valence-corrected chi connectivity index (χ3v) is 4.23. The molecule has 0 bridgehead atoms. The number of methoxy groups -OCH3 is 1. The summed E-state index contributed by atoms with van der Waals surface area (Å²) in [5, 5.41) is 9.73. The SMILES string of the molecule is COc1cccc(NC(=O)Nc2ccc(-c3cnc4ccnn4c3N)cc2)c1. The molecule has 0 aliphatic heterocycles. The minimum absolute atomic E-state index is 0.347. The van der Waals surface area contributed by atoms with Crippen LogP contribution in [0.2, 0.25) is 0 Å². The van der Waals surface area contributed by atoms with Gasteiger partial charge in [0.15, 0.2) is 5.65 Å². The zero-order valence-electron chi connectivity index (χ0n) is 15.1. The van der Waals surface area contributed by atoms with E-state index in [0.717, 1.165) is 11.1 Å². The number of amides is 2. The van der Waals surface area contributed by atoms with Gasteiger partial charge in [0.2, 0.25) is 0 Å². The molecule has 0 unspecified atom stereocenters. The Morgan fingerprint density at radius 3 is 2.64 bits per heavy atom. The van der Waals surface area contributed by atoms with Crippen LogP contribution in [0.3, 0.4) is 0 Å². The van der Waals surface area contributed by atoms with Gasteiger partial charge in [0.25, 0.3) is 0 Å². The van der Waals surface area contributed by atoms with E-state index in [-0.39, 0.29) is 6.03 Å². The second-order valence-electron chi connectivity index (χ2n) is 6.05. The molecule has 0 aliphatic carbocycles. The number of nitrogens with two attached hydrogens (primary N) is 1. The van der Waals surface area contributed by atoms with E-state index >= 15 is 0 Å². The number of benzene rings is 2. The number of aromatic nitrogens is 3. The summed E-state index contributed by atoms with van der Waals surface area (Å²) >= 11 is 0. The van der Waals surface area contributed by atoms with Crippen molar-refractivity contribution in [2.24, 2.45) is 0 Å². The largest absolute Gasteiger partial charge is 0.497 e. The Kier molecular flexibility index (Phi) is 4.51. The third kappa shape index (κ3) is 3.43. The van der Waals surface area contributed by atoms with Crippen molar-refractivity contribution in [1.82, 2.24) is 14.6 Å². The Balaban J connectivity index is 1.48. The van der Waals surface area contributed by atoms with E-state index in [1.165, 1.54) is 0 Å². The van der Waals surface area contributed by atoms with Gasteiger partial charge in [0.1, 0.15) is 11.6 Å². The van der Waals surface area contributed by atoms with E-state index in [4.69, 9.17) is 10.5 Å². The molecule has 2 amide bonds. The lowest BCUT2D eigenvalue weighted by molar-refractivity contribution is 0.262. The normalized spacial score (nSPS) is 10.6. The number of carbonyl (C=O) groups is 1. The van der Waals surface area contributed by atoms with Crippen molar-refractivity contribution in [2.45, 2.75) is 0 Å². The van der Waals surface area contributed by atoms with E-state index in [2.05, 4.69) is 20.7 Å². The van der Waals surface area contributed by atoms with Crippen molar-refractivity contribution in [1.29, 1.82) is 0 Å². The fourth-order valence-electron chi connectivity index (χ4n) is 2.84. The van der Waals surface area contributed by atoms with Gasteiger partial charge in [-0.05, 0) is 29.8 Å². The van der Waals surface area contributed by atoms with Gasteiger partial charge >= 0.3 is 6.03 Å². The number of nitrogen functional groups attached to an aromatic ring is 1.